The highest BCUT2D eigenvalue weighted by Crippen LogP contribution is 2.21. The van der Waals surface area contributed by atoms with Crippen LogP contribution in [0.1, 0.15) is 48.4 Å². The first-order chi connectivity index (χ1) is 8.54. The molecule has 1 aromatic rings. The number of carbonyl (C=O) groups excluding carboxylic acids is 2. The van der Waals surface area contributed by atoms with E-state index in [0.717, 1.165) is 0 Å². The van der Waals surface area contributed by atoms with Crippen LogP contribution in [0.2, 0.25) is 0 Å². The lowest BCUT2D eigenvalue weighted by molar-refractivity contribution is -0.00292. The molecule has 0 saturated heterocycles. The van der Waals surface area contributed by atoms with E-state index in [4.69, 9.17) is 5.73 Å². The first kappa shape index (κ1) is 15.2. The minimum atomic E-state index is -1.06. The lowest BCUT2D eigenvalue weighted by Gasteiger charge is -2.38. The van der Waals surface area contributed by atoms with Crippen LogP contribution in [0.3, 0.4) is 0 Å². The van der Waals surface area contributed by atoms with Gasteiger partial charge in [-0.2, -0.15) is 0 Å². The Morgan fingerprint density at radius 2 is 1.47 bits per heavy atom. The van der Waals surface area contributed by atoms with Gasteiger partial charge >= 0.3 is 0 Å². The molecule has 0 heterocycles. The molecule has 104 valence electrons. The van der Waals surface area contributed by atoms with E-state index in [1.165, 1.54) is 24.3 Å². The van der Waals surface area contributed by atoms with Crippen LogP contribution in [0.25, 0.3) is 0 Å². The van der Waals surface area contributed by atoms with Crippen molar-refractivity contribution < 1.29 is 14.7 Å². The maximum atomic E-state index is 12.0. The molecule has 0 saturated carbocycles. The molecule has 0 aliphatic heterocycles. The molecule has 0 radical (unpaired) electrons. The highest BCUT2D eigenvalue weighted by atomic mass is 16.3. The van der Waals surface area contributed by atoms with E-state index in [9.17, 15) is 14.7 Å². The lowest BCUT2D eigenvalue weighted by atomic mass is 9.85. The van der Waals surface area contributed by atoms with Gasteiger partial charge in [0.1, 0.15) is 0 Å². The summed E-state index contributed by atoms with van der Waals surface area (Å²) >= 11 is 0. The molecule has 0 spiro atoms. The van der Waals surface area contributed by atoms with Crippen LogP contribution in [0.5, 0.6) is 0 Å². The highest BCUT2D eigenvalue weighted by molar-refractivity contribution is 5.97. The number of hydrogen-bond acceptors (Lipinski definition) is 3. The minimum absolute atomic E-state index is 0.317. The summed E-state index contributed by atoms with van der Waals surface area (Å²) in [5.41, 5.74) is 4.03. The van der Waals surface area contributed by atoms with Gasteiger partial charge in [-0.25, -0.2) is 0 Å². The van der Waals surface area contributed by atoms with Crippen LogP contribution < -0.4 is 11.1 Å². The van der Waals surface area contributed by atoms with Crippen LogP contribution >= 0.6 is 0 Å². The van der Waals surface area contributed by atoms with Crippen LogP contribution in [-0.4, -0.2) is 28.1 Å². The van der Waals surface area contributed by atoms with Crippen LogP contribution in [0, 0.1) is 0 Å². The van der Waals surface area contributed by atoms with Crippen molar-refractivity contribution in [2.75, 3.05) is 0 Å². The van der Waals surface area contributed by atoms with Gasteiger partial charge in [-0.05, 0) is 52.0 Å². The van der Waals surface area contributed by atoms with Crippen molar-refractivity contribution in [3.8, 4) is 0 Å². The minimum Gasteiger partial charge on any atom is -0.388 e. The molecule has 0 bridgehead atoms. The molecular formula is C14H20N2O3. The van der Waals surface area contributed by atoms with E-state index in [1.54, 1.807) is 27.7 Å². The largest absolute Gasteiger partial charge is 0.388 e. The second kappa shape index (κ2) is 5.01. The number of carbonyl (C=O) groups is 2. The van der Waals surface area contributed by atoms with E-state index in [1.807, 2.05) is 0 Å². The Morgan fingerprint density at radius 3 is 1.84 bits per heavy atom. The first-order valence-corrected chi connectivity index (χ1v) is 5.99. The maximum Gasteiger partial charge on any atom is 0.251 e. The van der Waals surface area contributed by atoms with Gasteiger partial charge in [-0.3, -0.25) is 9.59 Å². The van der Waals surface area contributed by atoms with Gasteiger partial charge in [0.15, 0.2) is 0 Å². The van der Waals surface area contributed by atoms with Gasteiger partial charge in [-0.1, -0.05) is 0 Å². The van der Waals surface area contributed by atoms with Gasteiger partial charge < -0.3 is 16.2 Å². The lowest BCUT2D eigenvalue weighted by Crippen LogP contribution is -2.57. The topological polar surface area (TPSA) is 92.4 Å². The fourth-order valence-electron chi connectivity index (χ4n) is 1.29. The Hall–Kier alpha value is -1.88. The summed E-state index contributed by atoms with van der Waals surface area (Å²) in [6.07, 6.45) is 0. The van der Waals surface area contributed by atoms with Gasteiger partial charge in [-0.15, -0.1) is 0 Å². The number of primary amides is 1. The molecule has 5 nitrogen and oxygen atoms in total. The number of amides is 2. The molecule has 0 fully saturated rings. The smallest absolute Gasteiger partial charge is 0.251 e. The fourth-order valence-corrected chi connectivity index (χ4v) is 1.29. The highest BCUT2D eigenvalue weighted by Gasteiger charge is 2.36. The summed E-state index contributed by atoms with van der Waals surface area (Å²) in [5, 5.41) is 12.7. The zero-order valence-corrected chi connectivity index (χ0v) is 11.7. The van der Waals surface area contributed by atoms with Crippen molar-refractivity contribution in [3.05, 3.63) is 35.4 Å². The van der Waals surface area contributed by atoms with Crippen molar-refractivity contribution in [2.45, 2.75) is 38.8 Å². The molecule has 4 N–H and O–H groups in total. The van der Waals surface area contributed by atoms with Gasteiger partial charge in [0, 0.05) is 11.1 Å². The molecule has 2 amide bonds. The predicted octanol–water partition coefficient (Wildman–Crippen LogP) is 1.06. The Bertz CT molecular complexity index is 484. The average Bonchev–Trinajstić information content (AvgIpc) is 2.27. The molecule has 0 aliphatic carbocycles. The second-order valence-electron chi connectivity index (χ2n) is 5.58. The summed E-state index contributed by atoms with van der Waals surface area (Å²) < 4.78 is 0. The zero-order valence-electron chi connectivity index (χ0n) is 11.7. The third kappa shape index (κ3) is 3.54. The summed E-state index contributed by atoms with van der Waals surface area (Å²) in [6.45, 7) is 6.73. The van der Waals surface area contributed by atoms with Gasteiger partial charge in [0.05, 0.1) is 11.1 Å². The van der Waals surface area contributed by atoms with E-state index in [-0.39, 0.29) is 5.91 Å². The van der Waals surface area contributed by atoms with Gasteiger partial charge in [0.25, 0.3) is 5.91 Å². The predicted molar refractivity (Wildman–Crippen MR) is 72.8 cm³/mol. The number of nitrogens with one attached hydrogen (secondary N) is 1. The number of nitrogens with two attached hydrogens (primary N) is 1. The van der Waals surface area contributed by atoms with Crippen molar-refractivity contribution in [3.63, 3.8) is 0 Å². The second-order valence-corrected chi connectivity index (χ2v) is 5.58. The average molecular weight is 264 g/mol. The Morgan fingerprint density at radius 1 is 1.05 bits per heavy atom. The number of benzene rings is 1. The zero-order chi connectivity index (χ0) is 14.8. The van der Waals surface area contributed by atoms with Crippen molar-refractivity contribution in [2.24, 2.45) is 5.73 Å². The summed E-state index contributed by atoms with van der Waals surface area (Å²) in [4.78, 5) is 23.0. The van der Waals surface area contributed by atoms with Gasteiger partial charge in [0.2, 0.25) is 5.91 Å². The molecule has 19 heavy (non-hydrogen) atoms. The molecule has 1 rings (SSSR count). The normalized spacial score (nSPS) is 12.1. The Kier molecular flexibility index (Phi) is 4.00. The summed E-state index contributed by atoms with van der Waals surface area (Å²) in [7, 11) is 0. The number of rotatable bonds is 4. The van der Waals surface area contributed by atoms with Crippen LogP contribution in [0.4, 0.5) is 0 Å². The van der Waals surface area contributed by atoms with E-state index < -0.39 is 17.0 Å². The number of hydrogen-bond donors (Lipinski definition) is 3. The fraction of sp³-hybridized carbons (Fsp3) is 0.429. The third-order valence-electron chi connectivity index (χ3n) is 3.39. The summed E-state index contributed by atoms with van der Waals surface area (Å²) in [6, 6.07) is 6.04. The SMILES string of the molecule is CC(C)(O)C(C)(C)NC(=O)c1ccc(C(N)=O)cc1. The molecule has 0 atom stereocenters. The van der Waals surface area contributed by atoms with Crippen molar-refractivity contribution >= 4 is 11.8 Å². The van der Waals surface area contributed by atoms with Crippen molar-refractivity contribution in [1.29, 1.82) is 0 Å². The molecule has 5 heteroatoms. The molecule has 0 aliphatic rings. The number of aliphatic hydroxyl groups is 1. The third-order valence-corrected chi connectivity index (χ3v) is 3.39. The summed E-state index contributed by atoms with van der Waals surface area (Å²) in [5.74, 6) is -0.855. The molecule has 0 aromatic heterocycles. The quantitative estimate of drug-likeness (QED) is 0.759. The Balaban J connectivity index is 2.88. The standard InChI is InChI=1S/C14H20N2O3/c1-13(2,14(3,4)19)16-12(18)10-7-5-9(6-8-10)11(15)17/h5-8,19H,1-4H3,(H2,15,17)(H,16,18). The van der Waals surface area contributed by atoms with E-state index >= 15 is 0 Å². The molecule has 0 unspecified atom stereocenters. The van der Waals surface area contributed by atoms with E-state index in [2.05, 4.69) is 5.32 Å². The van der Waals surface area contributed by atoms with Crippen LogP contribution in [-0.2, 0) is 0 Å². The van der Waals surface area contributed by atoms with Crippen molar-refractivity contribution in [1.82, 2.24) is 5.32 Å². The Labute approximate surface area is 112 Å². The molecular weight excluding hydrogens is 244 g/mol. The van der Waals surface area contributed by atoms with E-state index in [0.29, 0.717) is 11.1 Å². The van der Waals surface area contributed by atoms with Crippen LogP contribution in [0.15, 0.2) is 24.3 Å². The maximum absolute atomic E-state index is 12.0. The molecule has 1 aromatic carbocycles. The monoisotopic (exact) mass is 264 g/mol. The first-order valence-electron chi connectivity index (χ1n) is 5.99.